The van der Waals surface area contributed by atoms with Gasteiger partial charge in [-0.1, -0.05) is 72.9 Å². The van der Waals surface area contributed by atoms with Crippen molar-refractivity contribution in [2.45, 2.75) is 24.3 Å². The third-order valence-electron chi connectivity index (χ3n) is 7.84. The van der Waals surface area contributed by atoms with Crippen LogP contribution < -0.4 is 9.47 Å². The minimum absolute atomic E-state index is 0.155. The van der Waals surface area contributed by atoms with E-state index in [0.29, 0.717) is 0 Å². The van der Waals surface area contributed by atoms with Gasteiger partial charge in [0.05, 0.1) is 37.1 Å². The number of ether oxygens (including phenoxy) is 2. The van der Waals surface area contributed by atoms with Gasteiger partial charge in [0, 0.05) is 19.9 Å². The zero-order chi connectivity index (χ0) is 30.3. The number of nitrogens with zero attached hydrogens (tertiary/aromatic N) is 2. The van der Waals surface area contributed by atoms with E-state index in [2.05, 4.69) is 0 Å². The molecule has 0 aromatic heterocycles. The molecule has 2 aromatic rings. The highest BCUT2D eigenvalue weighted by Crippen LogP contribution is 2.51. The Labute approximate surface area is 247 Å². The molecule has 11 heteroatoms. The predicted octanol–water partition coefficient (Wildman–Crippen LogP) is 3.69. The summed E-state index contributed by atoms with van der Waals surface area (Å²) in [5, 5.41) is 0. The molecule has 2 atom stereocenters. The molecule has 0 saturated carbocycles. The van der Waals surface area contributed by atoms with Crippen molar-refractivity contribution in [3.63, 3.8) is 0 Å². The normalized spacial score (nSPS) is 26.8. The van der Waals surface area contributed by atoms with Gasteiger partial charge in [-0.3, -0.25) is 0 Å². The second-order valence-electron chi connectivity index (χ2n) is 10.2. The van der Waals surface area contributed by atoms with E-state index < -0.39 is 53.1 Å². The van der Waals surface area contributed by atoms with Crippen molar-refractivity contribution in [2.75, 3.05) is 0 Å². The van der Waals surface area contributed by atoms with Gasteiger partial charge in [0.1, 0.15) is 11.5 Å². The molecule has 0 radical (unpaired) electrons. The van der Waals surface area contributed by atoms with E-state index in [-0.39, 0.29) is 24.3 Å². The van der Waals surface area contributed by atoms with E-state index in [1.54, 1.807) is 85.0 Å². The number of quaternary nitrogens is 2. The van der Waals surface area contributed by atoms with Gasteiger partial charge in [-0.2, -0.15) is 0 Å². The molecule has 4 amide bonds. The van der Waals surface area contributed by atoms with Gasteiger partial charge in [-0.25, -0.2) is 19.2 Å². The Kier molecular flexibility index (Phi) is 6.61. The second-order valence-corrected chi connectivity index (χ2v) is 12.2. The van der Waals surface area contributed by atoms with Crippen molar-refractivity contribution in [3.8, 4) is 11.5 Å². The Morgan fingerprint density at radius 3 is 1.19 bits per heavy atom. The topological polar surface area (TPSA) is 121 Å². The smallest absolute Gasteiger partial charge is 0.434 e. The Balaban J connectivity index is 1.68. The monoisotopic (exact) mass is 598 g/mol. The Morgan fingerprint density at radius 2 is 0.884 bits per heavy atom. The molecule has 0 spiro atoms. The van der Waals surface area contributed by atoms with Crippen LogP contribution in [0.5, 0.6) is 11.5 Å². The number of imide groups is 2. The number of amides is 4. The summed E-state index contributed by atoms with van der Waals surface area (Å²) < 4.78 is 39.8. The summed E-state index contributed by atoms with van der Waals surface area (Å²) in [6.07, 6.45) is 14.6. The molecule has 43 heavy (non-hydrogen) atoms. The maximum Gasteiger partial charge on any atom is 0.499 e. The molecule has 0 bridgehead atoms. The van der Waals surface area contributed by atoms with Crippen LogP contribution in [0, 0.1) is 0 Å². The fourth-order valence-corrected chi connectivity index (χ4v) is 8.66. The first-order chi connectivity index (χ1) is 20.7. The molecule has 0 saturated heterocycles. The number of benzene rings is 2. The maximum atomic E-state index is 15.6. The van der Waals surface area contributed by atoms with Gasteiger partial charge in [0.15, 0.2) is 0 Å². The average molecular weight is 599 g/mol. The number of allylic oxidation sites excluding steroid dienone is 4. The fourth-order valence-electron chi connectivity index (χ4n) is 6.01. The number of rotatable bonds is 8. The highest BCUT2D eigenvalue weighted by molar-refractivity contribution is 7.82. The summed E-state index contributed by atoms with van der Waals surface area (Å²) in [5.41, 5.74) is -4.49. The summed E-state index contributed by atoms with van der Waals surface area (Å²) in [6, 6.07) is 16.2. The van der Waals surface area contributed by atoms with Gasteiger partial charge in [0.25, 0.3) is 11.4 Å². The zero-order valence-corrected chi connectivity index (χ0v) is 23.5. The van der Waals surface area contributed by atoms with Crippen LogP contribution in [0.1, 0.15) is 12.8 Å². The maximum absolute atomic E-state index is 15.6. The minimum Gasteiger partial charge on any atom is -0.434 e. The molecule has 2 aliphatic heterocycles. The van der Waals surface area contributed by atoms with Crippen LogP contribution in [0.2, 0.25) is 0 Å². The van der Waals surface area contributed by atoms with Crippen molar-refractivity contribution in [2.24, 2.45) is 0 Å². The third kappa shape index (κ3) is 3.69. The number of hydrogen-bond acceptors (Lipinski definition) is 8. The predicted molar refractivity (Wildman–Crippen MR) is 153 cm³/mol. The molecule has 2 aliphatic carbocycles. The van der Waals surface area contributed by atoms with E-state index in [1.165, 1.54) is 24.3 Å². The first kappa shape index (κ1) is 28.2. The molecule has 0 fully saturated rings. The van der Waals surface area contributed by atoms with Crippen LogP contribution in [0.4, 0.5) is 0 Å². The van der Waals surface area contributed by atoms with Crippen molar-refractivity contribution in [1.29, 1.82) is 0 Å². The van der Waals surface area contributed by atoms with Gasteiger partial charge in [-0.15, -0.1) is 8.42 Å². The van der Waals surface area contributed by atoms with Crippen molar-refractivity contribution < 1.29 is 44.8 Å². The quantitative estimate of drug-likeness (QED) is 0.333. The first-order valence-corrected chi connectivity index (χ1v) is 14.8. The Hall–Kier alpha value is -4.97. The third-order valence-corrected chi connectivity index (χ3v) is 10.6. The summed E-state index contributed by atoms with van der Waals surface area (Å²) in [7, 11) is -5.68. The summed E-state index contributed by atoms with van der Waals surface area (Å²) >= 11 is 0. The van der Waals surface area contributed by atoms with E-state index in [9.17, 15) is 19.2 Å². The average Bonchev–Trinajstić information content (AvgIpc) is 3.50. The zero-order valence-electron chi connectivity index (χ0n) is 22.7. The lowest BCUT2D eigenvalue weighted by Gasteiger charge is -2.48. The number of hydrogen-bond donors (Lipinski definition) is 0. The van der Waals surface area contributed by atoms with Gasteiger partial charge in [-0.05, 0) is 24.3 Å². The molecule has 2 heterocycles. The van der Waals surface area contributed by atoms with Crippen LogP contribution in [-0.2, 0) is 29.4 Å². The molecular formula is C32H26N2O8S+2. The Morgan fingerprint density at radius 1 is 0.535 bits per heavy atom. The largest absolute Gasteiger partial charge is 0.499 e. The molecule has 216 valence electrons. The van der Waals surface area contributed by atoms with E-state index >= 15 is 8.42 Å². The highest BCUT2D eigenvalue weighted by Gasteiger charge is 2.85. The van der Waals surface area contributed by atoms with Gasteiger partial charge in [0.2, 0.25) is 0 Å². The molecular weight excluding hydrogens is 572 g/mol. The number of carbonyl (C=O) groups excluding carboxylic acids is 4. The second kappa shape index (κ2) is 10.1. The van der Waals surface area contributed by atoms with E-state index in [0.717, 1.165) is 24.3 Å². The summed E-state index contributed by atoms with van der Waals surface area (Å²) in [5.74, 6) is -4.48. The minimum atomic E-state index is -5.68. The van der Waals surface area contributed by atoms with Crippen molar-refractivity contribution >= 4 is 33.8 Å². The van der Waals surface area contributed by atoms with Crippen molar-refractivity contribution in [1.82, 2.24) is 0 Å². The summed E-state index contributed by atoms with van der Waals surface area (Å²) in [6.45, 7) is 0. The lowest BCUT2D eigenvalue weighted by molar-refractivity contribution is -0.814. The molecule has 2 unspecified atom stereocenters. The molecule has 6 rings (SSSR count). The SMILES string of the molecule is O=C1C=CC(=O)[N+]1(C1(Oc2ccccc2)C=CC=CC1)S(=O)(=O)[N+]1(C2(Oc3ccccc3)C=CC=CC2)C(=O)C=CC1=O. The first-order valence-electron chi connectivity index (χ1n) is 13.4. The van der Waals surface area contributed by atoms with E-state index in [4.69, 9.17) is 9.47 Å². The number of carbonyl (C=O) groups is 4. The van der Waals surface area contributed by atoms with Gasteiger partial charge >= 0.3 is 33.8 Å². The number of para-hydroxylation sites is 2. The van der Waals surface area contributed by atoms with Crippen molar-refractivity contribution in [3.05, 3.63) is 134 Å². The molecule has 4 aliphatic rings. The molecule has 0 N–H and O–H groups in total. The molecule has 10 nitrogen and oxygen atoms in total. The van der Waals surface area contributed by atoms with Crippen LogP contribution in [0.3, 0.4) is 0 Å². The lowest BCUT2D eigenvalue weighted by Crippen LogP contribution is -2.83. The highest BCUT2D eigenvalue weighted by atomic mass is 32.2. The fraction of sp³-hybridized carbons (Fsp3) is 0.125. The van der Waals surface area contributed by atoms with Crippen LogP contribution in [0.15, 0.2) is 134 Å². The van der Waals surface area contributed by atoms with E-state index in [1.807, 2.05) is 0 Å². The molecule has 2 aromatic carbocycles. The lowest BCUT2D eigenvalue weighted by atomic mass is 10.0. The standard InChI is InChI=1S/C32H26N2O8S/c35-27-17-18-28(36)33(27,31(21-9-3-10-22-31)41-25-13-5-1-6-14-25)43(39,40)34(29(37)19-20-30(34)38)32(23-11-4-12-24-32)42-26-15-7-2-8-16-26/h1-21,23H,22,24H2/q+2. The summed E-state index contributed by atoms with van der Waals surface area (Å²) in [4.78, 5) is 56.5. The van der Waals surface area contributed by atoms with Crippen LogP contribution in [-0.4, -0.2) is 51.3 Å². The van der Waals surface area contributed by atoms with Crippen LogP contribution in [0.25, 0.3) is 0 Å². The van der Waals surface area contributed by atoms with Gasteiger partial charge < -0.3 is 9.47 Å². The van der Waals surface area contributed by atoms with Crippen LogP contribution >= 0.6 is 0 Å². The Bertz CT molecular complexity index is 1660.